The Morgan fingerprint density at radius 3 is 2.02 bits per heavy atom. The second-order valence-electron chi connectivity index (χ2n) is 13.4. The molecule has 4 nitrogen and oxygen atoms in total. The van der Waals surface area contributed by atoms with E-state index in [9.17, 15) is 0 Å². The second-order valence-corrected chi connectivity index (χ2v) is 13.4. The van der Waals surface area contributed by atoms with Crippen LogP contribution in [-0.2, 0) is 6.42 Å². The van der Waals surface area contributed by atoms with Crippen molar-refractivity contribution in [2.45, 2.75) is 25.7 Å². The molecule has 2 heterocycles. The van der Waals surface area contributed by atoms with Crippen LogP contribution >= 0.6 is 0 Å². The number of aromatic nitrogens is 3. The number of allylic oxidation sites excluding steroid dienone is 5. The van der Waals surface area contributed by atoms with Crippen LogP contribution in [0.15, 0.2) is 161 Å². The van der Waals surface area contributed by atoms with Gasteiger partial charge in [-0.25, -0.2) is 15.0 Å². The lowest BCUT2D eigenvalue weighted by Crippen LogP contribution is -2.06. The third-order valence-electron chi connectivity index (χ3n) is 10.4. The molecule has 0 radical (unpaired) electrons. The minimum absolute atomic E-state index is 0.664. The van der Waals surface area contributed by atoms with E-state index in [1.54, 1.807) is 0 Å². The summed E-state index contributed by atoms with van der Waals surface area (Å²) in [5.41, 5.74) is 12.7. The molecule has 8 aromatic rings. The zero-order chi connectivity index (χ0) is 33.7. The predicted molar refractivity (Wildman–Crippen MR) is 209 cm³/mol. The summed E-state index contributed by atoms with van der Waals surface area (Å²) in [6, 6.07) is 46.6. The molecule has 0 atom stereocenters. The number of fused-ring (bicyclic) bond motifs is 5. The summed E-state index contributed by atoms with van der Waals surface area (Å²) in [5.74, 6) is 2.07. The molecule has 4 heteroatoms. The number of para-hydroxylation sites is 1. The standard InChI is InChI=1S/C47H33N3O/c1-2-12-32(13-3-1)45-48-46(33-24-21-31(22-25-33)35-26-23-30-11-4-5-14-34(30)27-35)50-47(49-45)37-28-36-15-6-7-16-38(36)41(29-37)39-18-10-20-43-44(39)40-17-8-9-19-42(40)51-43/h1-21,24,27-29H,22-23,25-26H2. The predicted octanol–water partition coefficient (Wildman–Crippen LogP) is 12.1. The number of furan rings is 1. The van der Waals surface area contributed by atoms with Gasteiger partial charge in [0.1, 0.15) is 11.2 Å². The summed E-state index contributed by atoms with van der Waals surface area (Å²) in [7, 11) is 0. The van der Waals surface area contributed by atoms with Crippen LogP contribution in [0.2, 0.25) is 0 Å². The van der Waals surface area contributed by atoms with Gasteiger partial charge in [0.2, 0.25) is 0 Å². The van der Waals surface area contributed by atoms with Crippen molar-refractivity contribution >= 4 is 44.4 Å². The fourth-order valence-corrected chi connectivity index (χ4v) is 7.80. The molecule has 0 unspecified atom stereocenters. The van der Waals surface area contributed by atoms with Gasteiger partial charge in [-0.3, -0.25) is 0 Å². The molecule has 51 heavy (non-hydrogen) atoms. The van der Waals surface area contributed by atoms with Gasteiger partial charge >= 0.3 is 0 Å². The fourth-order valence-electron chi connectivity index (χ4n) is 7.80. The summed E-state index contributed by atoms with van der Waals surface area (Å²) in [6.45, 7) is 0. The van der Waals surface area contributed by atoms with Gasteiger partial charge < -0.3 is 4.42 Å². The van der Waals surface area contributed by atoms with E-state index in [1.807, 2.05) is 30.3 Å². The molecule has 0 saturated carbocycles. The largest absolute Gasteiger partial charge is 0.456 e. The van der Waals surface area contributed by atoms with E-state index in [0.29, 0.717) is 11.6 Å². The average molecular weight is 656 g/mol. The second kappa shape index (κ2) is 12.2. The summed E-state index contributed by atoms with van der Waals surface area (Å²) in [4.78, 5) is 15.4. The molecule has 0 fully saturated rings. The molecule has 2 aliphatic rings. The van der Waals surface area contributed by atoms with Crippen molar-refractivity contribution in [1.82, 2.24) is 15.0 Å². The number of aryl methyl sites for hydroxylation is 1. The monoisotopic (exact) mass is 655 g/mol. The first-order chi connectivity index (χ1) is 25.2. The minimum Gasteiger partial charge on any atom is -0.456 e. The van der Waals surface area contributed by atoms with Crippen LogP contribution in [0.3, 0.4) is 0 Å². The first-order valence-electron chi connectivity index (χ1n) is 17.7. The quantitative estimate of drug-likeness (QED) is 0.185. The molecule has 0 bridgehead atoms. The molecule has 0 aliphatic heterocycles. The van der Waals surface area contributed by atoms with E-state index in [1.165, 1.54) is 27.7 Å². The highest BCUT2D eigenvalue weighted by Gasteiger charge is 2.21. The Balaban J connectivity index is 1.13. The van der Waals surface area contributed by atoms with Gasteiger partial charge in [-0.1, -0.05) is 127 Å². The highest BCUT2D eigenvalue weighted by Crippen LogP contribution is 2.41. The zero-order valence-corrected chi connectivity index (χ0v) is 28.0. The van der Waals surface area contributed by atoms with Crippen molar-refractivity contribution in [2.75, 3.05) is 0 Å². The lowest BCUT2D eigenvalue weighted by atomic mass is 9.84. The molecule has 0 amide bonds. The van der Waals surface area contributed by atoms with E-state index in [4.69, 9.17) is 19.4 Å². The summed E-state index contributed by atoms with van der Waals surface area (Å²) in [5, 5.41) is 4.52. The van der Waals surface area contributed by atoms with Crippen molar-refractivity contribution < 1.29 is 4.42 Å². The van der Waals surface area contributed by atoms with Crippen LogP contribution in [0.4, 0.5) is 0 Å². The van der Waals surface area contributed by atoms with Crippen molar-refractivity contribution in [2.24, 2.45) is 0 Å². The Kier molecular flexibility index (Phi) is 7.05. The SMILES string of the molecule is C1=C(C2=Cc3ccccc3CC2)CCC(c2nc(-c3ccccc3)nc(-c3cc(-c4cccc5oc6ccccc6c45)c4ccccc4c3)n2)=C1. The van der Waals surface area contributed by atoms with Crippen LogP contribution in [0, 0.1) is 0 Å². The Morgan fingerprint density at radius 2 is 1.14 bits per heavy atom. The van der Waals surface area contributed by atoms with Gasteiger partial charge in [0, 0.05) is 21.9 Å². The molecule has 2 aliphatic carbocycles. The molecule has 0 saturated heterocycles. The lowest BCUT2D eigenvalue weighted by molar-refractivity contribution is 0.669. The molecule has 0 N–H and O–H groups in total. The highest BCUT2D eigenvalue weighted by atomic mass is 16.3. The van der Waals surface area contributed by atoms with Gasteiger partial charge in [0.25, 0.3) is 0 Å². The zero-order valence-electron chi connectivity index (χ0n) is 28.0. The van der Waals surface area contributed by atoms with Gasteiger partial charge in [-0.15, -0.1) is 0 Å². The van der Waals surface area contributed by atoms with Crippen molar-refractivity contribution in [1.29, 1.82) is 0 Å². The van der Waals surface area contributed by atoms with E-state index in [-0.39, 0.29) is 0 Å². The number of nitrogens with zero attached hydrogens (tertiary/aromatic N) is 3. The summed E-state index contributed by atoms with van der Waals surface area (Å²) >= 11 is 0. The van der Waals surface area contributed by atoms with Crippen molar-refractivity contribution in [3.8, 4) is 33.9 Å². The third-order valence-corrected chi connectivity index (χ3v) is 10.4. The Labute approximate surface area is 296 Å². The number of benzene rings is 6. The first-order valence-corrected chi connectivity index (χ1v) is 17.7. The Hall–Kier alpha value is -6.39. The van der Waals surface area contributed by atoms with Gasteiger partial charge in [-0.05, 0) is 99.7 Å². The molecule has 242 valence electrons. The summed E-state index contributed by atoms with van der Waals surface area (Å²) < 4.78 is 6.30. The van der Waals surface area contributed by atoms with E-state index in [0.717, 1.165) is 86.7 Å². The van der Waals surface area contributed by atoms with Crippen LogP contribution in [-0.4, -0.2) is 15.0 Å². The highest BCUT2D eigenvalue weighted by molar-refractivity contribution is 6.15. The van der Waals surface area contributed by atoms with Crippen LogP contribution in [0.5, 0.6) is 0 Å². The average Bonchev–Trinajstić information content (AvgIpc) is 3.60. The number of hydrogen-bond donors (Lipinski definition) is 0. The van der Waals surface area contributed by atoms with E-state index in [2.05, 4.69) is 121 Å². The van der Waals surface area contributed by atoms with Gasteiger partial charge in [0.05, 0.1) is 0 Å². The van der Waals surface area contributed by atoms with Gasteiger partial charge in [0.15, 0.2) is 17.5 Å². The number of hydrogen-bond acceptors (Lipinski definition) is 4. The summed E-state index contributed by atoms with van der Waals surface area (Å²) in [6.07, 6.45) is 10.9. The molecular weight excluding hydrogens is 623 g/mol. The van der Waals surface area contributed by atoms with Crippen molar-refractivity contribution in [3.05, 3.63) is 174 Å². The molecule has 0 spiro atoms. The topological polar surface area (TPSA) is 51.8 Å². The third kappa shape index (κ3) is 5.28. The van der Waals surface area contributed by atoms with E-state index < -0.39 is 0 Å². The Bertz CT molecular complexity index is 2750. The number of rotatable bonds is 5. The van der Waals surface area contributed by atoms with Crippen LogP contribution in [0.1, 0.15) is 36.2 Å². The molecule has 6 aromatic carbocycles. The van der Waals surface area contributed by atoms with Crippen LogP contribution in [0.25, 0.3) is 78.3 Å². The van der Waals surface area contributed by atoms with E-state index >= 15 is 0 Å². The maximum absolute atomic E-state index is 6.30. The smallest absolute Gasteiger partial charge is 0.164 e. The molecule has 10 rings (SSSR count). The minimum atomic E-state index is 0.664. The lowest BCUT2D eigenvalue weighted by Gasteiger charge is -2.21. The first kappa shape index (κ1) is 29.5. The normalized spacial score (nSPS) is 14.3. The maximum atomic E-state index is 6.30. The Morgan fingerprint density at radius 1 is 0.451 bits per heavy atom. The maximum Gasteiger partial charge on any atom is 0.164 e. The fraction of sp³-hybridized carbons (Fsp3) is 0.0851. The van der Waals surface area contributed by atoms with Gasteiger partial charge in [-0.2, -0.15) is 0 Å². The van der Waals surface area contributed by atoms with Crippen molar-refractivity contribution in [3.63, 3.8) is 0 Å². The molecule has 2 aromatic heterocycles. The molecular formula is C47H33N3O. The van der Waals surface area contributed by atoms with Crippen LogP contribution < -0.4 is 0 Å².